The van der Waals surface area contributed by atoms with Crippen LogP contribution in [0.25, 0.3) is 22.2 Å². The van der Waals surface area contributed by atoms with Crippen molar-refractivity contribution in [2.24, 2.45) is 5.14 Å². The molecule has 1 heterocycles. The van der Waals surface area contributed by atoms with E-state index in [0.717, 1.165) is 27.6 Å². The van der Waals surface area contributed by atoms with Crippen molar-refractivity contribution >= 4 is 32.5 Å². The molecule has 0 saturated carbocycles. The lowest BCUT2D eigenvalue weighted by Crippen LogP contribution is -2.16. The van der Waals surface area contributed by atoms with Gasteiger partial charge in [-0.05, 0) is 67.8 Å². The fourth-order valence-electron chi connectivity index (χ4n) is 3.99. The van der Waals surface area contributed by atoms with E-state index in [1.165, 1.54) is 17.7 Å². The molecule has 164 valence electrons. The van der Waals surface area contributed by atoms with Crippen LogP contribution in [0.5, 0.6) is 0 Å². The zero-order valence-electron chi connectivity index (χ0n) is 18.1. The van der Waals surface area contributed by atoms with E-state index in [-0.39, 0.29) is 17.2 Å². The Morgan fingerprint density at radius 2 is 1.75 bits per heavy atom. The summed E-state index contributed by atoms with van der Waals surface area (Å²) >= 11 is 0. The third-order valence-corrected chi connectivity index (χ3v) is 6.37. The van der Waals surface area contributed by atoms with Crippen molar-refractivity contribution in [1.82, 2.24) is 10.2 Å². The average molecular weight is 449 g/mol. The van der Waals surface area contributed by atoms with Gasteiger partial charge >= 0.3 is 0 Å². The molecule has 0 aliphatic heterocycles. The number of nitrogens with two attached hydrogens (primary N) is 1. The standard InChI is InChI=1S/C24H24N4O3S/c1-14-9-15(2)20(16(3)10-14)13-23(29)26-18-7-8-22-21(12-18)24(28-27-22)17-5-4-6-19(11-17)32(25,30)31/h4-12H,13H2,1-3H3,(H,26,29)(H,27,28)(H2,25,30,31). The van der Waals surface area contributed by atoms with Gasteiger partial charge in [-0.1, -0.05) is 29.8 Å². The number of sulfonamides is 1. The van der Waals surface area contributed by atoms with Gasteiger partial charge in [0.05, 0.1) is 16.8 Å². The molecule has 8 heteroatoms. The highest BCUT2D eigenvalue weighted by molar-refractivity contribution is 7.89. The second kappa shape index (κ2) is 8.22. The van der Waals surface area contributed by atoms with Crippen LogP contribution in [-0.4, -0.2) is 24.5 Å². The number of primary sulfonamides is 1. The number of rotatable bonds is 5. The first-order valence-corrected chi connectivity index (χ1v) is 11.6. The van der Waals surface area contributed by atoms with Gasteiger partial charge in [-0.2, -0.15) is 5.10 Å². The first-order valence-electron chi connectivity index (χ1n) is 10.1. The van der Waals surface area contributed by atoms with Gasteiger partial charge in [-0.3, -0.25) is 9.89 Å². The molecule has 1 amide bonds. The molecule has 0 aliphatic rings. The number of aryl methyl sites for hydroxylation is 3. The minimum Gasteiger partial charge on any atom is -0.326 e. The predicted molar refractivity (Wildman–Crippen MR) is 126 cm³/mol. The molecule has 0 fully saturated rings. The summed E-state index contributed by atoms with van der Waals surface area (Å²) in [5.41, 5.74) is 6.98. The van der Waals surface area contributed by atoms with Crippen molar-refractivity contribution in [3.05, 3.63) is 76.9 Å². The molecule has 0 spiro atoms. The summed E-state index contributed by atoms with van der Waals surface area (Å²) in [4.78, 5) is 12.8. The molecule has 1 aromatic heterocycles. The second-order valence-electron chi connectivity index (χ2n) is 8.01. The largest absolute Gasteiger partial charge is 0.326 e. The van der Waals surface area contributed by atoms with E-state index < -0.39 is 10.0 Å². The Kier molecular flexibility index (Phi) is 5.58. The van der Waals surface area contributed by atoms with Crippen LogP contribution in [0.3, 0.4) is 0 Å². The number of anilines is 1. The van der Waals surface area contributed by atoms with Gasteiger partial charge in [0.25, 0.3) is 0 Å². The van der Waals surface area contributed by atoms with Crippen molar-refractivity contribution < 1.29 is 13.2 Å². The molecule has 4 aromatic rings. The van der Waals surface area contributed by atoms with Crippen LogP contribution < -0.4 is 10.5 Å². The van der Waals surface area contributed by atoms with E-state index in [1.807, 2.05) is 32.9 Å². The third-order valence-electron chi connectivity index (χ3n) is 5.46. The number of hydrogen-bond donors (Lipinski definition) is 3. The number of carbonyl (C=O) groups excluding carboxylic acids is 1. The monoisotopic (exact) mass is 448 g/mol. The van der Waals surface area contributed by atoms with Gasteiger partial charge in [-0.15, -0.1) is 0 Å². The van der Waals surface area contributed by atoms with Crippen molar-refractivity contribution in [2.45, 2.75) is 32.1 Å². The molecule has 4 N–H and O–H groups in total. The van der Waals surface area contributed by atoms with Gasteiger partial charge in [0, 0.05) is 16.6 Å². The SMILES string of the molecule is Cc1cc(C)c(CC(=O)Nc2ccc3[nH]nc(-c4cccc(S(N)(=O)=O)c4)c3c2)c(C)c1. The Balaban J connectivity index is 1.63. The maximum absolute atomic E-state index is 12.7. The van der Waals surface area contributed by atoms with Gasteiger partial charge in [0.2, 0.25) is 15.9 Å². The summed E-state index contributed by atoms with van der Waals surface area (Å²) in [7, 11) is -3.83. The molecule has 0 aliphatic carbocycles. The smallest absolute Gasteiger partial charge is 0.238 e. The Bertz CT molecular complexity index is 1430. The highest BCUT2D eigenvalue weighted by Gasteiger charge is 2.14. The molecule has 3 aromatic carbocycles. The van der Waals surface area contributed by atoms with E-state index in [4.69, 9.17) is 5.14 Å². The zero-order valence-corrected chi connectivity index (χ0v) is 18.9. The number of nitrogens with zero attached hydrogens (tertiary/aromatic N) is 1. The quantitative estimate of drug-likeness (QED) is 0.428. The molecular formula is C24H24N4O3S. The minimum atomic E-state index is -3.83. The van der Waals surface area contributed by atoms with Crippen molar-refractivity contribution in [3.63, 3.8) is 0 Å². The first kappa shape index (κ1) is 21.7. The Labute approximate surface area is 186 Å². The molecule has 0 radical (unpaired) electrons. The normalized spacial score (nSPS) is 11.6. The molecule has 0 saturated heterocycles. The summed E-state index contributed by atoms with van der Waals surface area (Å²) in [6, 6.07) is 15.9. The predicted octanol–water partition coefficient (Wildman–Crippen LogP) is 3.98. The van der Waals surface area contributed by atoms with E-state index in [0.29, 0.717) is 16.9 Å². The number of aromatic nitrogens is 2. The molecule has 7 nitrogen and oxygen atoms in total. The number of fused-ring (bicyclic) bond motifs is 1. The van der Waals surface area contributed by atoms with E-state index >= 15 is 0 Å². The number of carbonyl (C=O) groups is 1. The van der Waals surface area contributed by atoms with Gasteiger partial charge in [0.15, 0.2) is 0 Å². The number of H-pyrrole nitrogens is 1. The number of hydrogen-bond acceptors (Lipinski definition) is 4. The van der Waals surface area contributed by atoms with E-state index in [9.17, 15) is 13.2 Å². The fourth-order valence-corrected chi connectivity index (χ4v) is 4.55. The topological polar surface area (TPSA) is 118 Å². The number of aromatic amines is 1. The Hall–Kier alpha value is -3.49. The van der Waals surface area contributed by atoms with Crippen LogP contribution in [0.15, 0.2) is 59.5 Å². The van der Waals surface area contributed by atoms with Gasteiger partial charge in [-0.25, -0.2) is 13.6 Å². The zero-order chi connectivity index (χ0) is 23.0. The summed E-state index contributed by atoms with van der Waals surface area (Å²) in [6.07, 6.45) is 0.282. The van der Waals surface area contributed by atoms with E-state index in [1.54, 1.807) is 18.2 Å². The molecule has 0 bridgehead atoms. The highest BCUT2D eigenvalue weighted by atomic mass is 32.2. The maximum atomic E-state index is 12.7. The lowest BCUT2D eigenvalue weighted by Gasteiger charge is -2.12. The first-order chi connectivity index (χ1) is 15.1. The summed E-state index contributed by atoms with van der Waals surface area (Å²) in [5, 5.41) is 16.3. The minimum absolute atomic E-state index is 0.0134. The number of nitrogens with one attached hydrogen (secondary N) is 2. The van der Waals surface area contributed by atoms with Crippen LogP contribution in [0, 0.1) is 20.8 Å². The molecule has 32 heavy (non-hydrogen) atoms. The molecule has 0 atom stereocenters. The van der Waals surface area contributed by atoms with Gasteiger partial charge in [0.1, 0.15) is 5.69 Å². The Morgan fingerprint density at radius 1 is 1.03 bits per heavy atom. The Morgan fingerprint density at radius 3 is 2.44 bits per heavy atom. The van der Waals surface area contributed by atoms with Crippen LogP contribution in [0.2, 0.25) is 0 Å². The summed E-state index contributed by atoms with van der Waals surface area (Å²) < 4.78 is 23.4. The molecule has 0 unspecified atom stereocenters. The highest BCUT2D eigenvalue weighted by Crippen LogP contribution is 2.30. The van der Waals surface area contributed by atoms with Crippen LogP contribution in [-0.2, 0) is 21.2 Å². The van der Waals surface area contributed by atoms with Crippen molar-refractivity contribution in [2.75, 3.05) is 5.32 Å². The van der Waals surface area contributed by atoms with E-state index in [2.05, 4.69) is 27.6 Å². The average Bonchev–Trinajstić information content (AvgIpc) is 3.13. The van der Waals surface area contributed by atoms with Crippen molar-refractivity contribution in [3.8, 4) is 11.3 Å². The lowest BCUT2D eigenvalue weighted by molar-refractivity contribution is -0.115. The summed E-state index contributed by atoms with van der Waals surface area (Å²) in [5.74, 6) is -0.110. The third kappa shape index (κ3) is 4.42. The lowest BCUT2D eigenvalue weighted by atomic mass is 9.97. The molecule has 4 rings (SSSR count). The fraction of sp³-hybridized carbons (Fsp3) is 0.167. The number of amides is 1. The molecular weight excluding hydrogens is 424 g/mol. The second-order valence-corrected chi connectivity index (χ2v) is 9.57. The maximum Gasteiger partial charge on any atom is 0.238 e. The van der Waals surface area contributed by atoms with Gasteiger partial charge < -0.3 is 5.32 Å². The van der Waals surface area contributed by atoms with Crippen LogP contribution in [0.1, 0.15) is 22.3 Å². The van der Waals surface area contributed by atoms with Crippen molar-refractivity contribution in [1.29, 1.82) is 0 Å². The van der Waals surface area contributed by atoms with Crippen LogP contribution in [0.4, 0.5) is 5.69 Å². The number of benzene rings is 3. The summed E-state index contributed by atoms with van der Waals surface area (Å²) in [6.45, 7) is 6.07. The van der Waals surface area contributed by atoms with Crippen LogP contribution >= 0.6 is 0 Å².